The molecule has 5 heteroatoms. The zero-order chi connectivity index (χ0) is 12.4. The van der Waals surface area contributed by atoms with Crippen molar-refractivity contribution in [3.05, 3.63) is 11.6 Å². The van der Waals surface area contributed by atoms with E-state index < -0.39 is 0 Å². The van der Waals surface area contributed by atoms with E-state index in [9.17, 15) is 5.11 Å². The highest BCUT2D eigenvalue weighted by atomic mass is 16.3. The molecule has 1 unspecified atom stereocenters. The van der Waals surface area contributed by atoms with E-state index in [0.717, 1.165) is 56.5 Å². The summed E-state index contributed by atoms with van der Waals surface area (Å²) < 4.78 is 2.04. The summed E-state index contributed by atoms with van der Waals surface area (Å²) >= 11 is 0. The molecule has 0 aromatic carbocycles. The second kappa shape index (κ2) is 5.36. The van der Waals surface area contributed by atoms with Gasteiger partial charge in [-0.2, -0.15) is 5.10 Å². The first-order valence-electron chi connectivity index (χ1n) is 7.09. The molecule has 1 aromatic rings. The zero-order valence-electron chi connectivity index (χ0n) is 10.8. The van der Waals surface area contributed by atoms with Gasteiger partial charge in [-0.1, -0.05) is 0 Å². The normalized spacial score (nSPS) is 25.1. The number of piperidine rings is 1. The largest absolute Gasteiger partial charge is 0.396 e. The van der Waals surface area contributed by atoms with Gasteiger partial charge in [0, 0.05) is 26.0 Å². The minimum absolute atomic E-state index is 0.274. The number of aliphatic hydroxyl groups is 1. The van der Waals surface area contributed by atoms with Crippen molar-refractivity contribution in [1.82, 2.24) is 20.1 Å². The van der Waals surface area contributed by atoms with E-state index >= 15 is 0 Å². The van der Waals surface area contributed by atoms with E-state index in [4.69, 9.17) is 0 Å². The average molecular weight is 250 g/mol. The molecule has 0 bridgehead atoms. The van der Waals surface area contributed by atoms with Gasteiger partial charge in [0.25, 0.3) is 0 Å². The standard InChI is InChI=1S/C13H22N4O/c18-9-11-3-6-17-13(8-11)15-12(16-17)7-10-1-4-14-5-2-10/h10-11,14,18H,1-9H2. The summed E-state index contributed by atoms with van der Waals surface area (Å²) in [5, 5.41) is 17.2. The van der Waals surface area contributed by atoms with Crippen molar-refractivity contribution >= 4 is 0 Å². The van der Waals surface area contributed by atoms with Crippen LogP contribution < -0.4 is 5.32 Å². The molecule has 3 heterocycles. The molecular weight excluding hydrogens is 228 g/mol. The smallest absolute Gasteiger partial charge is 0.151 e. The maximum atomic E-state index is 9.22. The van der Waals surface area contributed by atoms with Crippen LogP contribution >= 0.6 is 0 Å². The maximum Gasteiger partial charge on any atom is 0.151 e. The van der Waals surface area contributed by atoms with Gasteiger partial charge in [-0.05, 0) is 44.2 Å². The van der Waals surface area contributed by atoms with E-state index in [1.807, 2.05) is 4.68 Å². The lowest BCUT2D eigenvalue weighted by molar-refractivity contribution is 0.196. The van der Waals surface area contributed by atoms with Crippen LogP contribution in [0.5, 0.6) is 0 Å². The molecule has 3 rings (SSSR count). The predicted molar refractivity (Wildman–Crippen MR) is 68.2 cm³/mol. The number of fused-ring (bicyclic) bond motifs is 1. The van der Waals surface area contributed by atoms with Crippen molar-refractivity contribution in [1.29, 1.82) is 0 Å². The average Bonchev–Trinajstić information content (AvgIpc) is 2.80. The van der Waals surface area contributed by atoms with Crippen molar-refractivity contribution in [2.24, 2.45) is 11.8 Å². The fraction of sp³-hybridized carbons (Fsp3) is 0.846. The third kappa shape index (κ3) is 2.57. The van der Waals surface area contributed by atoms with Crippen molar-refractivity contribution in [3.8, 4) is 0 Å². The molecule has 1 aromatic heterocycles. The van der Waals surface area contributed by atoms with Crippen LogP contribution in [0.3, 0.4) is 0 Å². The summed E-state index contributed by atoms with van der Waals surface area (Å²) in [5.41, 5.74) is 0. The molecule has 2 N–H and O–H groups in total. The minimum atomic E-state index is 0.274. The second-order valence-corrected chi connectivity index (χ2v) is 5.61. The zero-order valence-corrected chi connectivity index (χ0v) is 10.8. The van der Waals surface area contributed by atoms with Gasteiger partial charge in [0.2, 0.25) is 0 Å². The molecule has 2 aliphatic heterocycles. The van der Waals surface area contributed by atoms with Crippen LogP contribution in [-0.4, -0.2) is 39.6 Å². The highest BCUT2D eigenvalue weighted by molar-refractivity contribution is 4.99. The van der Waals surface area contributed by atoms with Gasteiger partial charge in [0.1, 0.15) is 5.82 Å². The SMILES string of the molecule is OCC1CCn2nc(CC3CCNCC3)nc2C1. The van der Waals surface area contributed by atoms with Crippen LogP contribution in [0, 0.1) is 11.8 Å². The van der Waals surface area contributed by atoms with Crippen LogP contribution in [0.4, 0.5) is 0 Å². The van der Waals surface area contributed by atoms with Gasteiger partial charge in [-0.25, -0.2) is 9.67 Å². The quantitative estimate of drug-likeness (QED) is 0.814. The summed E-state index contributed by atoms with van der Waals surface area (Å²) in [4.78, 5) is 4.66. The first kappa shape index (κ1) is 12.1. The van der Waals surface area contributed by atoms with Crippen molar-refractivity contribution in [3.63, 3.8) is 0 Å². The molecule has 0 radical (unpaired) electrons. The topological polar surface area (TPSA) is 63.0 Å². The summed E-state index contributed by atoms with van der Waals surface area (Å²) in [5.74, 6) is 3.21. The monoisotopic (exact) mass is 250 g/mol. The first-order chi connectivity index (χ1) is 8.85. The predicted octanol–water partition coefficient (Wildman–Crippen LogP) is 0.375. The number of nitrogens with one attached hydrogen (secondary N) is 1. The summed E-state index contributed by atoms with van der Waals surface area (Å²) in [6, 6.07) is 0. The van der Waals surface area contributed by atoms with Gasteiger partial charge >= 0.3 is 0 Å². The lowest BCUT2D eigenvalue weighted by Gasteiger charge is -2.21. The fourth-order valence-corrected chi connectivity index (χ4v) is 3.01. The van der Waals surface area contributed by atoms with Crippen LogP contribution in [0.25, 0.3) is 0 Å². The first-order valence-corrected chi connectivity index (χ1v) is 7.09. The van der Waals surface area contributed by atoms with Gasteiger partial charge in [0.15, 0.2) is 5.82 Å². The van der Waals surface area contributed by atoms with E-state index in [1.165, 1.54) is 12.8 Å². The van der Waals surface area contributed by atoms with Crippen LogP contribution in [0.1, 0.15) is 30.9 Å². The lowest BCUT2D eigenvalue weighted by Crippen LogP contribution is -2.28. The number of nitrogens with zero attached hydrogens (tertiary/aromatic N) is 3. The lowest BCUT2D eigenvalue weighted by atomic mass is 9.94. The number of hydrogen-bond donors (Lipinski definition) is 2. The van der Waals surface area contributed by atoms with E-state index in [1.54, 1.807) is 0 Å². The number of aliphatic hydroxyl groups excluding tert-OH is 1. The number of aryl methyl sites for hydroxylation is 1. The summed E-state index contributed by atoms with van der Waals surface area (Å²) in [6.45, 7) is 3.45. The van der Waals surface area contributed by atoms with Gasteiger partial charge in [-0.3, -0.25) is 0 Å². The molecule has 0 saturated carbocycles. The molecular formula is C13H22N4O. The Kier molecular flexibility index (Phi) is 3.61. The molecule has 18 heavy (non-hydrogen) atoms. The molecule has 0 amide bonds. The Morgan fingerprint density at radius 1 is 1.22 bits per heavy atom. The molecule has 0 spiro atoms. The van der Waals surface area contributed by atoms with E-state index in [0.29, 0.717) is 5.92 Å². The third-order valence-corrected chi connectivity index (χ3v) is 4.20. The van der Waals surface area contributed by atoms with Crippen molar-refractivity contribution in [2.75, 3.05) is 19.7 Å². The fourth-order valence-electron chi connectivity index (χ4n) is 3.01. The molecule has 1 fully saturated rings. The number of rotatable bonds is 3. The summed E-state index contributed by atoms with van der Waals surface area (Å²) in [6.07, 6.45) is 5.41. The Labute approximate surface area is 108 Å². The molecule has 0 aliphatic carbocycles. The number of aromatic nitrogens is 3. The Morgan fingerprint density at radius 2 is 2.06 bits per heavy atom. The Bertz CT molecular complexity index is 398. The van der Waals surface area contributed by atoms with Gasteiger partial charge in [-0.15, -0.1) is 0 Å². The maximum absolute atomic E-state index is 9.22. The highest BCUT2D eigenvalue weighted by Crippen LogP contribution is 2.21. The third-order valence-electron chi connectivity index (χ3n) is 4.20. The van der Waals surface area contributed by atoms with Crippen molar-refractivity contribution < 1.29 is 5.11 Å². The number of hydrogen-bond acceptors (Lipinski definition) is 4. The molecule has 1 saturated heterocycles. The van der Waals surface area contributed by atoms with Gasteiger partial charge in [0.05, 0.1) is 0 Å². The minimum Gasteiger partial charge on any atom is -0.396 e. The van der Waals surface area contributed by atoms with Crippen LogP contribution in [-0.2, 0) is 19.4 Å². The Balaban J connectivity index is 1.65. The Hall–Kier alpha value is -0.940. The van der Waals surface area contributed by atoms with Crippen molar-refractivity contribution in [2.45, 2.75) is 38.6 Å². The van der Waals surface area contributed by atoms with Gasteiger partial charge < -0.3 is 10.4 Å². The molecule has 100 valence electrons. The van der Waals surface area contributed by atoms with E-state index in [-0.39, 0.29) is 6.61 Å². The molecule has 5 nitrogen and oxygen atoms in total. The Morgan fingerprint density at radius 3 is 2.83 bits per heavy atom. The van der Waals surface area contributed by atoms with Crippen LogP contribution in [0.15, 0.2) is 0 Å². The van der Waals surface area contributed by atoms with E-state index in [2.05, 4.69) is 15.4 Å². The summed E-state index contributed by atoms with van der Waals surface area (Å²) in [7, 11) is 0. The molecule has 2 aliphatic rings. The van der Waals surface area contributed by atoms with Crippen LogP contribution in [0.2, 0.25) is 0 Å². The highest BCUT2D eigenvalue weighted by Gasteiger charge is 2.22. The second-order valence-electron chi connectivity index (χ2n) is 5.61. The molecule has 1 atom stereocenters.